The minimum atomic E-state index is -0.386. The van der Waals surface area contributed by atoms with Crippen LogP contribution in [0.2, 0.25) is 0 Å². The predicted octanol–water partition coefficient (Wildman–Crippen LogP) is -2.06. The number of halogens is 1. The van der Waals surface area contributed by atoms with Crippen LogP contribution in [0.25, 0.3) is 0 Å². The molecule has 4 heteroatoms. The van der Waals surface area contributed by atoms with Crippen molar-refractivity contribution in [3.8, 4) is 0 Å². The van der Waals surface area contributed by atoms with Crippen molar-refractivity contribution in [1.29, 1.82) is 0 Å². The number of hydrogen-bond acceptors (Lipinski definition) is 1. The summed E-state index contributed by atoms with van der Waals surface area (Å²) in [7, 11) is 0. The first kappa shape index (κ1) is 15.8. The Morgan fingerprint density at radius 1 is 0.947 bits per heavy atom. The molecular formula is C15H20BrN2O+. The van der Waals surface area contributed by atoms with Gasteiger partial charge in [-0.3, -0.25) is 0 Å². The summed E-state index contributed by atoms with van der Waals surface area (Å²) >= 11 is 0. The van der Waals surface area contributed by atoms with E-state index in [1.807, 2.05) is 46.1 Å². The van der Waals surface area contributed by atoms with Gasteiger partial charge in [0.25, 0.3) is 0 Å². The molecule has 2 aromatic heterocycles. The third kappa shape index (κ3) is 5.09. The van der Waals surface area contributed by atoms with Crippen LogP contribution >= 0.6 is 0 Å². The molecule has 0 radical (unpaired) electrons. The first-order valence-electron chi connectivity index (χ1n) is 6.23. The average Bonchev–Trinajstić information content (AvgIpc) is 2.28. The Hall–Kier alpha value is -1.26. The van der Waals surface area contributed by atoms with E-state index in [0.29, 0.717) is 13.1 Å². The largest absolute Gasteiger partial charge is 1.00 e. The van der Waals surface area contributed by atoms with Crippen molar-refractivity contribution in [2.45, 2.75) is 33.0 Å². The summed E-state index contributed by atoms with van der Waals surface area (Å²) in [4.78, 5) is 0. The third-order valence-corrected chi connectivity index (χ3v) is 2.86. The van der Waals surface area contributed by atoms with Crippen LogP contribution in [-0.2, 0) is 13.1 Å². The number of hydrogen-bond donors (Lipinski definition) is 1. The lowest BCUT2D eigenvalue weighted by Crippen LogP contribution is -3.00. The quantitative estimate of drug-likeness (QED) is 0.644. The predicted molar refractivity (Wildman–Crippen MR) is 68.8 cm³/mol. The molecule has 0 atom stereocenters. The smallest absolute Gasteiger partial charge is 0.180 e. The van der Waals surface area contributed by atoms with Gasteiger partial charge in [-0.1, -0.05) is 0 Å². The molecule has 0 unspecified atom stereocenters. The van der Waals surface area contributed by atoms with Crippen LogP contribution in [0, 0.1) is 13.8 Å². The lowest BCUT2D eigenvalue weighted by atomic mass is 10.2. The monoisotopic (exact) mass is 323 g/mol. The highest BCUT2D eigenvalue weighted by atomic mass is 79.9. The SMILES string of the molecule is Cc1ccc[n+](CC(O)C[n+]2cccc(C)c2)c1.[Br-]. The van der Waals surface area contributed by atoms with Gasteiger partial charge >= 0.3 is 0 Å². The third-order valence-electron chi connectivity index (χ3n) is 2.86. The summed E-state index contributed by atoms with van der Waals surface area (Å²) in [6.45, 7) is 5.33. The molecule has 0 aliphatic carbocycles. The van der Waals surface area contributed by atoms with Crippen molar-refractivity contribution >= 4 is 0 Å². The van der Waals surface area contributed by atoms with Gasteiger partial charge in [-0.25, -0.2) is 9.13 Å². The van der Waals surface area contributed by atoms with Gasteiger partial charge in [0.1, 0.15) is 0 Å². The molecule has 0 saturated heterocycles. The Bertz CT molecular complexity index is 484. The molecule has 2 rings (SSSR count). The lowest BCUT2D eigenvalue weighted by Gasteiger charge is -2.04. The van der Waals surface area contributed by atoms with Gasteiger partial charge < -0.3 is 22.1 Å². The zero-order valence-corrected chi connectivity index (χ0v) is 12.9. The van der Waals surface area contributed by atoms with Gasteiger partial charge in [0.2, 0.25) is 0 Å². The first-order valence-corrected chi connectivity index (χ1v) is 6.23. The second-order valence-electron chi connectivity index (χ2n) is 4.81. The standard InChI is InChI=1S/C15H20N2O.BrH/c1-13-5-3-7-16(9-13)11-15(18)12-17-8-4-6-14(2)10-17;/h3-10,15,18H,11-12H2,1-2H3;1H/q+2;/p-1. The molecule has 2 aromatic rings. The molecule has 0 fully saturated rings. The number of pyridine rings is 2. The first-order chi connectivity index (χ1) is 8.63. The molecule has 19 heavy (non-hydrogen) atoms. The van der Waals surface area contributed by atoms with E-state index in [2.05, 4.69) is 26.0 Å². The molecule has 1 N–H and O–H groups in total. The van der Waals surface area contributed by atoms with Gasteiger partial charge in [0.15, 0.2) is 44.0 Å². The van der Waals surface area contributed by atoms with Gasteiger partial charge in [0, 0.05) is 23.3 Å². The van der Waals surface area contributed by atoms with Crippen LogP contribution in [0.3, 0.4) is 0 Å². The Balaban J connectivity index is 0.00000180. The molecule has 0 bridgehead atoms. The number of rotatable bonds is 4. The van der Waals surface area contributed by atoms with Gasteiger partial charge in [-0.15, -0.1) is 0 Å². The van der Waals surface area contributed by atoms with Crippen molar-refractivity contribution in [3.05, 3.63) is 60.2 Å². The second-order valence-corrected chi connectivity index (χ2v) is 4.81. The number of nitrogens with zero attached hydrogens (tertiary/aromatic N) is 2. The maximum Gasteiger partial charge on any atom is 0.180 e. The number of aromatic nitrogens is 2. The topological polar surface area (TPSA) is 28.0 Å². The highest BCUT2D eigenvalue weighted by molar-refractivity contribution is 5.01. The minimum absolute atomic E-state index is 0. The number of aliphatic hydroxyl groups is 1. The zero-order valence-electron chi connectivity index (χ0n) is 11.3. The molecule has 0 aliphatic heterocycles. The van der Waals surface area contributed by atoms with Gasteiger partial charge in [-0.2, -0.15) is 0 Å². The Morgan fingerprint density at radius 3 is 1.74 bits per heavy atom. The molecule has 0 spiro atoms. The maximum atomic E-state index is 10.1. The van der Waals surface area contributed by atoms with Crippen LogP contribution in [0.15, 0.2) is 49.1 Å². The Labute approximate surface area is 124 Å². The Morgan fingerprint density at radius 2 is 1.37 bits per heavy atom. The van der Waals surface area contributed by atoms with E-state index in [-0.39, 0.29) is 23.1 Å². The van der Waals surface area contributed by atoms with Crippen LogP contribution in [0.4, 0.5) is 0 Å². The van der Waals surface area contributed by atoms with E-state index in [0.717, 1.165) is 0 Å². The molecule has 0 saturated carbocycles. The summed E-state index contributed by atoms with van der Waals surface area (Å²) < 4.78 is 4.05. The molecule has 3 nitrogen and oxygen atoms in total. The molecular weight excluding hydrogens is 304 g/mol. The van der Waals surface area contributed by atoms with Crippen molar-refractivity contribution < 1.29 is 31.2 Å². The van der Waals surface area contributed by atoms with Crippen LogP contribution in [0.5, 0.6) is 0 Å². The van der Waals surface area contributed by atoms with E-state index in [9.17, 15) is 5.11 Å². The van der Waals surface area contributed by atoms with E-state index in [1.165, 1.54) is 11.1 Å². The lowest BCUT2D eigenvalue weighted by molar-refractivity contribution is -0.738. The fourth-order valence-electron chi connectivity index (χ4n) is 2.08. The zero-order chi connectivity index (χ0) is 13.0. The van der Waals surface area contributed by atoms with E-state index >= 15 is 0 Å². The highest BCUT2D eigenvalue weighted by Gasteiger charge is 2.16. The van der Waals surface area contributed by atoms with E-state index < -0.39 is 0 Å². The van der Waals surface area contributed by atoms with Crippen molar-refractivity contribution in [1.82, 2.24) is 0 Å². The second kappa shape index (κ2) is 7.36. The van der Waals surface area contributed by atoms with Crippen LogP contribution in [-0.4, -0.2) is 11.2 Å². The average molecular weight is 324 g/mol. The Kier molecular flexibility index (Phi) is 6.12. The van der Waals surface area contributed by atoms with Crippen molar-refractivity contribution in [3.63, 3.8) is 0 Å². The molecule has 0 aliphatic rings. The summed E-state index contributed by atoms with van der Waals surface area (Å²) in [5.41, 5.74) is 2.40. The normalized spacial score (nSPS) is 10.3. The molecule has 2 heterocycles. The number of aryl methyl sites for hydroxylation is 2. The van der Waals surface area contributed by atoms with Gasteiger partial charge in [-0.05, 0) is 26.0 Å². The highest BCUT2D eigenvalue weighted by Crippen LogP contribution is 1.93. The summed E-state index contributed by atoms with van der Waals surface area (Å²) in [5, 5.41) is 10.1. The fourth-order valence-corrected chi connectivity index (χ4v) is 2.08. The van der Waals surface area contributed by atoms with Crippen molar-refractivity contribution in [2.24, 2.45) is 0 Å². The minimum Gasteiger partial charge on any atom is -1.00 e. The summed E-state index contributed by atoms with van der Waals surface area (Å²) in [6, 6.07) is 8.11. The summed E-state index contributed by atoms with van der Waals surface area (Å²) in [5.74, 6) is 0. The van der Waals surface area contributed by atoms with Gasteiger partial charge in [0.05, 0.1) is 0 Å². The van der Waals surface area contributed by atoms with Crippen molar-refractivity contribution in [2.75, 3.05) is 0 Å². The molecule has 102 valence electrons. The summed E-state index contributed by atoms with van der Waals surface area (Å²) in [6.07, 6.45) is 7.67. The number of aliphatic hydroxyl groups excluding tert-OH is 1. The fraction of sp³-hybridized carbons (Fsp3) is 0.333. The molecule has 0 aromatic carbocycles. The van der Waals surface area contributed by atoms with Crippen LogP contribution in [0.1, 0.15) is 11.1 Å². The van der Waals surface area contributed by atoms with E-state index in [4.69, 9.17) is 0 Å². The van der Waals surface area contributed by atoms with E-state index in [1.54, 1.807) is 0 Å². The van der Waals surface area contributed by atoms with Crippen LogP contribution < -0.4 is 26.1 Å². The molecule has 0 amide bonds. The maximum absolute atomic E-state index is 10.1.